The number of carbonyl (C=O) groups is 1. The zero-order chi connectivity index (χ0) is 22.4. The first-order valence-corrected chi connectivity index (χ1v) is 11.0. The average molecular weight is 449 g/mol. The fourth-order valence-corrected chi connectivity index (χ4v) is 4.86. The predicted octanol–water partition coefficient (Wildman–Crippen LogP) is 4.58. The molecule has 0 spiro atoms. The first kappa shape index (κ1) is 20.3. The van der Waals surface area contributed by atoms with Crippen molar-refractivity contribution in [2.24, 2.45) is 0 Å². The Balaban J connectivity index is 1.85. The van der Waals surface area contributed by atoms with Gasteiger partial charge in [0, 0.05) is 17.1 Å². The number of aromatic nitrogens is 1. The number of rotatable bonds is 5. The molecule has 0 saturated carbocycles. The summed E-state index contributed by atoms with van der Waals surface area (Å²) in [5.41, 5.74) is 2.06. The van der Waals surface area contributed by atoms with Crippen molar-refractivity contribution in [3.05, 3.63) is 80.6 Å². The van der Waals surface area contributed by atoms with Crippen LogP contribution in [0.1, 0.15) is 40.2 Å². The van der Waals surface area contributed by atoms with Gasteiger partial charge < -0.3 is 13.9 Å². The summed E-state index contributed by atoms with van der Waals surface area (Å²) in [5, 5.41) is 2.70. The Labute approximate surface area is 187 Å². The van der Waals surface area contributed by atoms with E-state index in [9.17, 15) is 9.59 Å². The summed E-state index contributed by atoms with van der Waals surface area (Å²) in [5.74, 6) is 0.563. The van der Waals surface area contributed by atoms with Crippen LogP contribution in [0, 0.1) is 0 Å². The van der Waals surface area contributed by atoms with E-state index in [0.29, 0.717) is 33.2 Å². The second kappa shape index (κ2) is 7.80. The number of anilines is 1. The van der Waals surface area contributed by atoms with Crippen LogP contribution in [0.15, 0.2) is 57.2 Å². The van der Waals surface area contributed by atoms with Crippen molar-refractivity contribution in [2.75, 3.05) is 19.1 Å². The van der Waals surface area contributed by atoms with E-state index in [4.69, 9.17) is 13.9 Å². The summed E-state index contributed by atoms with van der Waals surface area (Å²) in [7, 11) is 3.07. The maximum Gasteiger partial charge on any atom is 0.297 e. The van der Waals surface area contributed by atoms with E-state index in [1.54, 1.807) is 36.9 Å². The smallest absolute Gasteiger partial charge is 0.297 e. The van der Waals surface area contributed by atoms with Gasteiger partial charge in [-0.3, -0.25) is 14.5 Å². The SMILES string of the molecule is CCc1ccc2oc3c(c(=O)c2c1)C(c1cccc(OC)c1OC)N(c1nccs1)C3=O. The summed E-state index contributed by atoms with van der Waals surface area (Å²) in [6.07, 6.45) is 2.40. The van der Waals surface area contributed by atoms with Gasteiger partial charge in [0.25, 0.3) is 5.91 Å². The number of nitrogens with zero attached hydrogens (tertiary/aromatic N) is 2. The average Bonchev–Trinajstić information content (AvgIpc) is 3.45. The molecular formula is C24H20N2O5S. The normalized spacial score (nSPS) is 15.3. The number of aryl methyl sites for hydroxylation is 1. The van der Waals surface area contributed by atoms with Gasteiger partial charge in [0.05, 0.1) is 25.2 Å². The maximum absolute atomic E-state index is 13.8. The lowest BCUT2D eigenvalue weighted by molar-refractivity contribution is 0.0970. The van der Waals surface area contributed by atoms with Crippen molar-refractivity contribution in [1.29, 1.82) is 0 Å². The van der Waals surface area contributed by atoms with Gasteiger partial charge in [-0.25, -0.2) is 4.98 Å². The third kappa shape index (κ3) is 2.90. The number of thiazole rings is 1. The third-order valence-electron chi connectivity index (χ3n) is 5.70. The summed E-state index contributed by atoms with van der Waals surface area (Å²) < 4.78 is 17.1. The Kier molecular flexibility index (Phi) is 4.94. The van der Waals surface area contributed by atoms with Crippen LogP contribution in [0.3, 0.4) is 0 Å². The molecule has 32 heavy (non-hydrogen) atoms. The number of para-hydroxylation sites is 1. The van der Waals surface area contributed by atoms with Crippen molar-refractivity contribution >= 4 is 33.3 Å². The highest BCUT2D eigenvalue weighted by Crippen LogP contribution is 2.46. The maximum atomic E-state index is 13.8. The van der Waals surface area contributed by atoms with Crippen molar-refractivity contribution in [1.82, 2.24) is 4.98 Å². The lowest BCUT2D eigenvalue weighted by Crippen LogP contribution is -2.29. The van der Waals surface area contributed by atoms with E-state index < -0.39 is 11.9 Å². The van der Waals surface area contributed by atoms with Gasteiger partial charge in [0.1, 0.15) is 11.6 Å². The van der Waals surface area contributed by atoms with Crippen LogP contribution >= 0.6 is 11.3 Å². The van der Waals surface area contributed by atoms with Crippen LogP contribution in [-0.4, -0.2) is 25.1 Å². The molecule has 2 aromatic heterocycles. The van der Waals surface area contributed by atoms with Gasteiger partial charge in [-0.2, -0.15) is 0 Å². The fourth-order valence-electron chi connectivity index (χ4n) is 4.19. The third-order valence-corrected chi connectivity index (χ3v) is 6.47. The number of ether oxygens (including phenoxy) is 2. The Hall–Kier alpha value is -3.65. The second-order valence-corrected chi connectivity index (χ2v) is 8.21. The molecule has 0 radical (unpaired) electrons. The molecule has 0 N–H and O–H groups in total. The van der Waals surface area contributed by atoms with Gasteiger partial charge in [-0.05, 0) is 30.2 Å². The van der Waals surface area contributed by atoms with Gasteiger partial charge in [-0.15, -0.1) is 11.3 Å². The fraction of sp³-hybridized carbons (Fsp3) is 0.208. The highest BCUT2D eigenvalue weighted by Gasteiger charge is 2.46. The molecular weight excluding hydrogens is 428 g/mol. The van der Waals surface area contributed by atoms with Gasteiger partial charge in [-0.1, -0.05) is 25.1 Å². The quantitative estimate of drug-likeness (QED) is 0.445. The van der Waals surface area contributed by atoms with Gasteiger partial charge in [0.2, 0.25) is 5.76 Å². The molecule has 1 aliphatic rings. The van der Waals surface area contributed by atoms with Crippen LogP contribution in [0.2, 0.25) is 0 Å². The van der Waals surface area contributed by atoms with Gasteiger partial charge >= 0.3 is 0 Å². The molecule has 0 fully saturated rings. The number of fused-ring (bicyclic) bond motifs is 2. The Bertz CT molecular complexity index is 1390. The lowest BCUT2D eigenvalue weighted by Gasteiger charge is -2.24. The van der Waals surface area contributed by atoms with Crippen LogP contribution in [0.25, 0.3) is 11.0 Å². The summed E-state index contributed by atoms with van der Waals surface area (Å²) in [4.78, 5) is 33.1. The molecule has 0 aliphatic carbocycles. The first-order valence-electron chi connectivity index (χ1n) is 10.1. The van der Waals surface area contributed by atoms with E-state index in [-0.39, 0.29) is 16.8 Å². The Morgan fingerprint density at radius 2 is 2.00 bits per heavy atom. The highest BCUT2D eigenvalue weighted by molar-refractivity contribution is 7.13. The minimum absolute atomic E-state index is 0.0248. The number of benzene rings is 2. The molecule has 0 bridgehead atoms. The molecule has 162 valence electrons. The van der Waals surface area contributed by atoms with Crippen LogP contribution in [0.4, 0.5) is 5.13 Å². The van der Waals surface area contributed by atoms with Crippen LogP contribution in [-0.2, 0) is 6.42 Å². The summed E-state index contributed by atoms with van der Waals surface area (Å²) in [6.45, 7) is 2.02. The largest absolute Gasteiger partial charge is 0.493 e. The summed E-state index contributed by atoms with van der Waals surface area (Å²) in [6, 6.07) is 10.1. The van der Waals surface area contributed by atoms with Crippen molar-refractivity contribution in [2.45, 2.75) is 19.4 Å². The molecule has 2 aromatic carbocycles. The molecule has 1 aliphatic heterocycles. The Morgan fingerprint density at radius 3 is 2.69 bits per heavy atom. The van der Waals surface area contributed by atoms with E-state index in [2.05, 4.69) is 4.98 Å². The Morgan fingerprint density at radius 1 is 1.16 bits per heavy atom. The minimum Gasteiger partial charge on any atom is -0.493 e. The zero-order valence-electron chi connectivity index (χ0n) is 17.7. The number of hydrogen-bond acceptors (Lipinski definition) is 7. The van der Waals surface area contributed by atoms with E-state index in [0.717, 1.165) is 12.0 Å². The van der Waals surface area contributed by atoms with E-state index >= 15 is 0 Å². The monoisotopic (exact) mass is 448 g/mol. The molecule has 5 rings (SSSR count). The van der Waals surface area contributed by atoms with E-state index in [1.165, 1.54) is 23.3 Å². The van der Waals surface area contributed by atoms with Gasteiger partial charge in [0.15, 0.2) is 22.1 Å². The molecule has 1 atom stereocenters. The molecule has 1 unspecified atom stereocenters. The van der Waals surface area contributed by atoms with Crippen LogP contribution in [0.5, 0.6) is 11.5 Å². The number of methoxy groups -OCH3 is 2. The molecule has 8 heteroatoms. The lowest BCUT2D eigenvalue weighted by atomic mass is 9.97. The van der Waals surface area contributed by atoms with Crippen molar-refractivity contribution in [3.63, 3.8) is 0 Å². The summed E-state index contributed by atoms with van der Waals surface area (Å²) >= 11 is 1.31. The van der Waals surface area contributed by atoms with Crippen molar-refractivity contribution in [3.8, 4) is 11.5 Å². The second-order valence-electron chi connectivity index (χ2n) is 7.33. The molecule has 3 heterocycles. The zero-order valence-corrected chi connectivity index (χ0v) is 18.6. The predicted molar refractivity (Wildman–Crippen MR) is 122 cm³/mol. The minimum atomic E-state index is -0.764. The molecule has 0 saturated heterocycles. The standard InChI is InChI=1S/C24H20N2O5S/c1-4-13-8-9-16-15(12-13)20(27)18-19(14-6-5-7-17(29-2)21(14)30-3)26(23(28)22(18)31-16)24-25-10-11-32-24/h5-12,19H,4H2,1-3H3. The van der Waals surface area contributed by atoms with Crippen LogP contribution < -0.4 is 19.8 Å². The highest BCUT2D eigenvalue weighted by atomic mass is 32.1. The van der Waals surface area contributed by atoms with Crippen molar-refractivity contribution < 1.29 is 18.7 Å². The molecule has 7 nitrogen and oxygen atoms in total. The number of hydrogen-bond donors (Lipinski definition) is 0. The topological polar surface area (TPSA) is 81.9 Å². The van der Waals surface area contributed by atoms with E-state index in [1.807, 2.05) is 25.1 Å². The number of carbonyl (C=O) groups excluding carboxylic acids is 1. The molecule has 1 amide bonds. The first-order chi connectivity index (χ1) is 15.6. The number of amides is 1. The molecule has 4 aromatic rings.